The molecule has 18 heavy (non-hydrogen) atoms. The third-order valence-corrected chi connectivity index (χ3v) is 3.64. The highest BCUT2D eigenvalue weighted by molar-refractivity contribution is 7.89. The number of hydrogen-bond acceptors (Lipinski definition) is 6. The van der Waals surface area contributed by atoms with Crippen molar-refractivity contribution in [2.75, 3.05) is 12.0 Å². The number of primary amides is 1. The number of nitrogens with one attached hydrogen (secondary N) is 2. The summed E-state index contributed by atoms with van der Waals surface area (Å²) in [6, 6.07) is 1.19. The van der Waals surface area contributed by atoms with Crippen molar-refractivity contribution < 1.29 is 13.2 Å². The number of nitrogens with two attached hydrogens (primary N) is 2. The van der Waals surface area contributed by atoms with Crippen molar-refractivity contribution in [2.45, 2.75) is 11.3 Å². The largest absolute Gasteiger partial charge is 0.370 e. The van der Waals surface area contributed by atoms with Gasteiger partial charge in [-0.1, -0.05) is 11.6 Å². The van der Waals surface area contributed by atoms with E-state index >= 15 is 0 Å². The molecule has 0 saturated heterocycles. The number of carbonyl (C=O) groups excluding carboxylic acids is 1. The summed E-state index contributed by atoms with van der Waals surface area (Å²) in [6.45, 7) is -0.0911. The summed E-state index contributed by atoms with van der Waals surface area (Å²) in [5.41, 5.74) is 7.11. The maximum Gasteiger partial charge on any atom is 0.242 e. The van der Waals surface area contributed by atoms with Gasteiger partial charge >= 0.3 is 0 Å². The fraction of sp³-hybridized carbons (Fsp3) is 0.250. The highest BCUT2D eigenvalue weighted by Crippen LogP contribution is 2.21. The minimum Gasteiger partial charge on any atom is -0.370 e. The molecule has 1 heterocycles. The molecule has 0 aliphatic rings. The van der Waals surface area contributed by atoms with E-state index in [0.717, 1.165) is 6.20 Å². The number of hydrogen-bond donors (Lipinski definition) is 4. The number of hydrazine groups is 1. The Bertz CT molecular complexity index is 548. The van der Waals surface area contributed by atoms with Crippen LogP contribution in [0.2, 0.25) is 5.02 Å². The summed E-state index contributed by atoms with van der Waals surface area (Å²) in [5, 5.41) is 0.0651. The number of amides is 1. The molecule has 100 valence electrons. The molecule has 10 heteroatoms. The Balaban J connectivity index is 2.85. The smallest absolute Gasteiger partial charge is 0.242 e. The maximum absolute atomic E-state index is 11.8. The third-order valence-electron chi connectivity index (χ3n) is 1.93. The van der Waals surface area contributed by atoms with E-state index in [1.54, 1.807) is 0 Å². The highest BCUT2D eigenvalue weighted by atomic mass is 35.5. The number of halogens is 1. The summed E-state index contributed by atoms with van der Waals surface area (Å²) in [6.07, 6.45) is 0.997. The monoisotopic (exact) mass is 293 g/mol. The van der Waals surface area contributed by atoms with Crippen LogP contribution in [-0.4, -0.2) is 25.9 Å². The average molecular weight is 294 g/mol. The Hall–Kier alpha value is -1.42. The first kappa shape index (κ1) is 14.6. The van der Waals surface area contributed by atoms with Crippen LogP contribution in [0.3, 0.4) is 0 Å². The number of nitrogen functional groups attached to an aromatic ring is 1. The Kier molecular flexibility index (Phi) is 4.84. The molecule has 0 radical (unpaired) electrons. The van der Waals surface area contributed by atoms with E-state index in [0.29, 0.717) is 0 Å². The molecule has 0 bridgehead atoms. The first-order chi connectivity index (χ1) is 8.36. The zero-order valence-electron chi connectivity index (χ0n) is 9.18. The van der Waals surface area contributed by atoms with Crippen molar-refractivity contribution >= 4 is 33.3 Å². The van der Waals surface area contributed by atoms with E-state index in [1.807, 2.05) is 0 Å². The van der Waals surface area contributed by atoms with Crippen molar-refractivity contribution in [3.63, 3.8) is 0 Å². The van der Waals surface area contributed by atoms with Crippen LogP contribution in [0.15, 0.2) is 17.2 Å². The van der Waals surface area contributed by atoms with Crippen molar-refractivity contribution in [3.8, 4) is 0 Å². The van der Waals surface area contributed by atoms with E-state index in [4.69, 9.17) is 23.2 Å². The lowest BCUT2D eigenvalue weighted by Crippen LogP contribution is -2.28. The number of pyridine rings is 1. The molecule has 0 atom stereocenters. The van der Waals surface area contributed by atoms with Gasteiger partial charge in [-0.3, -0.25) is 4.79 Å². The van der Waals surface area contributed by atoms with Crippen LogP contribution >= 0.6 is 11.6 Å². The molecule has 0 unspecified atom stereocenters. The second kappa shape index (κ2) is 5.96. The Labute approximate surface area is 109 Å². The van der Waals surface area contributed by atoms with Crippen molar-refractivity contribution in [3.05, 3.63) is 17.3 Å². The predicted molar refractivity (Wildman–Crippen MR) is 66.1 cm³/mol. The molecule has 0 spiro atoms. The molecule has 1 aromatic heterocycles. The molecule has 0 aliphatic heterocycles. The highest BCUT2D eigenvalue weighted by Gasteiger charge is 2.16. The summed E-state index contributed by atoms with van der Waals surface area (Å²) in [5.74, 6) is 4.67. The van der Waals surface area contributed by atoms with Crippen LogP contribution in [0, 0.1) is 0 Å². The van der Waals surface area contributed by atoms with Crippen LogP contribution in [0.25, 0.3) is 0 Å². The Morgan fingerprint density at radius 2 is 2.17 bits per heavy atom. The lowest BCUT2D eigenvalue weighted by molar-refractivity contribution is -0.117. The van der Waals surface area contributed by atoms with Gasteiger partial charge in [-0.15, -0.1) is 0 Å². The number of anilines is 1. The van der Waals surface area contributed by atoms with Crippen LogP contribution in [-0.2, 0) is 14.8 Å². The summed E-state index contributed by atoms with van der Waals surface area (Å²) < 4.78 is 25.7. The fourth-order valence-electron chi connectivity index (χ4n) is 1.07. The first-order valence-electron chi connectivity index (χ1n) is 4.77. The van der Waals surface area contributed by atoms with Gasteiger partial charge < -0.3 is 11.2 Å². The number of sulfonamides is 1. The zero-order chi connectivity index (χ0) is 13.8. The van der Waals surface area contributed by atoms with Gasteiger partial charge in [0.05, 0.1) is 5.02 Å². The summed E-state index contributed by atoms with van der Waals surface area (Å²) >= 11 is 5.75. The van der Waals surface area contributed by atoms with Gasteiger partial charge in [-0.2, -0.15) is 0 Å². The molecule has 1 amide bonds. The maximum atomic E-state index is 11.8. The van der Waals surface area contributed by atoms with Gasteiger partial charge in [-0.05, 0) is 6.07 Å². The Morgan fingerprint density at radius 3 is 2.67 bits per heavy atom. The Morgan fingerprint density at radius 1 is 1.50 bits per heavy atom. The molecule has 6 N–H and O–H groups in total. The van der Waals surface area contributed by atoms with Crippen LogP contribution in [0.5, 0.6) is 0 Å². The summed E-state index contributed by atoms with van der Waals surface area (Å²) in [4.78, 5) is 14.1. The van der Waals surface area contributed by atoms with Crippen LogP contribution in [0.4, 0.5) is 5.82 Å². The van der Waals surface area contributed by atoms with E-state index in [1.165, 1.54) is 6.07 Å². The number of aromatic nitrogens is 1. The zero-order valence-corrected chi connectivity index (χ0v) is 10.8. The molecular formula is C8H12ClN5O3S. The molecule has 1 aromatic rings. The lowest BCUT2D eigenvalue weighted by Gasteiger charge is -2.07. The van der Waals surface area contributed by atoms with E-state index in [2.05, 4.69) is 15.1 Å². The molecule has 0 fully saturated rings. The van der Waals surface area contributed by atoms with E-state index in [-0.39, 0.29) is 28.7 Å². The second-order valence-electron chi connectivity index (χ2n) is 3.26. The normalized spacial score (nSPS) is 11.2. The van der Waals surface area contributed by atoms with Crippen LogP contribution in [0.1, 0.15) is 6.42 Å². The average Bonchev–Trinajstić information content (AvgIpc) is 2.28. The van der Waals surface area contributed by atoms with Gasteiger partial charge in [0, 0.05) is 19.2 Å². The number of carbonyl (C=O) groups is 1. The van der Waals surface area contributed by atoms with Crippen molar-refractivity contribution in [1.82, 2.24) is 9.71 Å². The van der Waals surface area contributed by atoms with Crippen LogP contribution < -0.4 is 21.7 Å². The minimum atomic E-state index is -3.78. The fourth-order valence-corrected chi connectivity index (χ4v) is 2.35. The molecule has 1 rings (SSSR count). The first-order valence-corrected chi connectivity index (χ1v) is 6.63. The number of rotatable bonds is 6. The van der Waals surface area contributed by atoms with Gasteiger partial charge in [-0.25, -0.2) is 24.0 Å². The molecule has 0 saturated carbocycles. The van der Waals surface area contributed by atoms with Gasteiger partial charge in [0.15, 0.2) is 5.82 Å². The molecule has 8 nitrogen and oxygen atoms in total. The third kappa shape index (κ3) is 3.81. The lowest BCUT2D eigenvalue weighted by atomic mass is 10.4. The van der Waals surface area contributed by atoms with E-state index < -0.39 is 15.9 Å². The SMILES string of the molecule is NNc1ncc(S(=O)(=O)NCCC(N)=O)cc1Cl. The molecular weight excluding hydrogens is 282 g/mol. The quantitative estimate of drug-likeness (QED) is 0.399. The summed E-state index contributed by atoms with van der Waals surface area (Å²) in [7, 11) is -3.78. The minimum absolute atomic E-state index is 0.0651. The van der Waals surface area contributed by atoms with Crippen molar-refractivity contribution in [1.29, 1.82) is 0 Å². The predicted octanol–water partition coefficient (Wildman–Crippen LogP) is -0.826. The van der Waals surface area contributed by atoms with Gasteiger partial charge in [0.25, 0.3) is 0 Å². The van der Waals surface area contributed by atoms with E-state index in [9.17, 15) is 13.2 Å². The standard InChI is InChI=1S/C8H12ClN5O3S/c9-6-3-5(4-12-8(6)14-11)18(16,17)13-2-1-7(10)15/h3-4,13H,1-2,11H2,(H2,10,15)(H,12,14). The topological polar surface area (TPSA) is 140 Å². The molecule has 0 aliphatic carbocycles. The van der Waals surface area contributed by atoms with Gasteiger partial charge in [0.2, 0.25) is 15.9 Å². The number of nitrogens with zero attached hydrogens (tertiary/aromatic N) is 1. The second-order valence-corrected chi connectivity index (χ2v) is 5.43. The van der Waals surface area contributed by atoms with Gasteiger partial charge in [0.1, 0.15) is 4.90 Å². The molecule has 0 aromatic carbocycles. The van der Waals surface area contributed by atoms with Crippen molar-refractivity contribution in [2.24, 2.45) is 11.6 Å².